The third-order valence-corrected chi connectivity index (χ3v) is 4.94. The number of nitrogens with one attached hydrogen (secondary N) is 1. The van der Waals surface area contributed by atoms with Gasteiger partial charge in [-0.1, -0.05) is 6.92 Å². The van der Waals surface area contributed by atoms with Gasteiger partial charge < -0.3 is 5.32 Å². The molecule has 5 heteroatoms. The van der Waals surface area contributed by atoms with Gasteiger partial charge in [0.25, 0.3) is 0 Å². The highest BCUT2D eigenvalue weighted by molar-refractivity contribution is 7.89. The molecular formula is C11H24N2O2S. The van der Waals surface area contributed by atoms with E-state index in [1.807, 2.05) is 6.92 Å². The lowest BCUT2D eigenvalue weighted by molar-refractivity contribution is 0.292. The number of hydrogen-bond donors (Lipinski definition) is 1. The monoisotopic (exact) mass is 248 g/mol. The molecule has 16 heavy (non-hydrogen) atoms. The van der Waals surface area contributed by atoms with Gasteiger partial charge in [0.15, 0.2) is 0 Å². The van der Waals surface area contributed by atoms with Gasteiger partial charge in [-0.05, 0) is 45.2 Å². The topological polar surface area (TPSA) is 49.4 Å². The largest absolute Gasteiger partial charge is 0.316 e. The van der Waals surface area contributed by atoms with Crippen LogP contribution in [0.25, 0.3) is 0 Å². The molecular weight excluding hydrogens is 224 g/mol. The zero-order chi connectivity index (χ0) is 12.0. The van der Waals surface area contributed by atoms with Crippen LogP contribution in [0.2, 0.25) is 0 Å². The summed E-state index contributed by atoms with van der Waals surface area (Å²) in [6.45, 7) is 7.13. The standard InChI is InChI=1S/C11H24N2O2S/c1-3-8-13(16(14,15)4-2)10-11-6-5-7-12-9-11/h11-12H,3-10H2,1-2H3. The fraction of sp³-hybridized carbons (Fsp3) is 1.00. The van der Waals surface area contributed by atoms with Crippen molar-refractivity contribution < 1.29 is 8.42 Å². The number of hydrogen-bond acceptors (Lipinski definition) is 3. The van der Waals surface area contributed by atoms with E-state index in [2.05, 4.69) is 5.32 Å². The van der Waals surface area contributed by atoms with Gasteiger partial charge in [-0.3, -0.25) is 0 Å². The maximum atomic E-state index is 11.9. The van der Waals surface area contributed by atoms with Crippen LogP contribution in [0.3, 0.4) is 0 Å². The second-order valence-corrected chi connectivity index (χ2v) is 6.73. The number of nitrogens with zero attached hydrogens (tertiary/aromatic N) is 1. The van der Waals surface area contributed by atoms with E-state index in [9.17, 15) is 8.42 Å². The van der Waals surface area contributed by atoms with Crippen molar-refractivity contribution in [3.05, 3.63) is 0 Å². The number of piperidine rings is 1. The first-order valence-electron chi connectivity index (χ1n) is 6.28. The molecule has 0 radical (unpaired) electrons. The van der Waals surface area contributed by atoms with Crippen LogP contribution in [0.15, 0.2) is 0 Å². The molecule has 0 bridgehead atoms. The van der Waals surface area contributed by atoms with Gasteiger partial charge in [-0.25, -0.2) is 12.7 Å². The smallest absolute Gasteiger partial charge is 0.213 e. The molecule has 1 atom stereocenters. The molecule has 1 N–H and O–H groups in total. The Morgan fingerprint density at radius 3 is 2.62 bits per heavy atom. The number of sulfonamides is 1. The van der Waals surface area contributed by atoms with Crippen molar-refractivity contribution in [3.63, 3.8) is 0 Å². The van der Waals surface area contributed by atoms with Crippen molar-refractivity contribution in [2.45, 2.75) is 33.1 Å². The first-order chi connectivity index (χ1) is 7.60. The molecule has 96 valence electrons. The molecule has 1 fully saturated rings. The Morgan fingerprint density at radius 2 is 2.12 bits per heavy atom. The minimum Gasteiger partial charge on any atom is -0.316 e. The molecule has 1 saturated heterocycles. The van der Waals surface area contributed by atoms with Crippen LogP contribution in [0.1, 0.15) is 33.1 Å². The molecule has 1 unspecified atom stereocenters. The Labute approximate surface area is 99.5 Å². The van der Waals surface area contributed by atoms with E-state index in [4.69, 9.17) is 0 Å². The van der Waals surface area contributed by atoms with Crippen LogP contribution in [0.4, 0.5) is 0 Å². The highest BCUT2D eigenvalue weighted by Gasteiger charge is 2.23. The van der Waals surface area contributed by atoms with Crippen LogP contribution >= 0.6 is 0 Å². The fourth-order valence-corrected chi connectivity index (χ4v) is 3.41. The highest BCUT2D eigenvalue weighted by Crippen LogP contribution is 2.14. The summed E-state index contributed by atoms with van der Waals surface area (Å²) in [6.07, 6.45) is 3.20. The Bertz CT molecular complexity index is 284. The zero-order valence-corrected chi connectivity index (χ0v) is 11.2. The Kier molecular flexibility index (Phi) is 5.72. The molecule has 0 aliphatic carbocycles. The predicted molar refractivity (Wildman–Crippen MR) is 66.9 cm³/mol. The van der Waals surface area contributed by atoms with E-state index in [0.29, 0.717) is 19.0 Å². The molecule has 1 aliphatic heterocycles. The van der Waals surface area contributed by atoms with E-state index in [0.717, 1.165) is 32.4 Å². The Morgan fingerprint density at radius 1 is 1.38 bits per heavy atom. The van der Waals surface area contributed by atoms with Gasteiger partial charge in [0.1, 0.15) is 0 Å². The van der Waals surface area contributed by atoms with Gasteiger partial charge in [-0.2, -0.15) is 0 Å². The van der Waals surface area contributed by atoms with Crippen LogP contribution in [0.5, 0.6) is 0 Å². The normalized spacial score (nSPS) is 22.6. The Balaban J connectivity index is 2.56. The minimum absolute atomic E-state index is 0.215. The maximum Gasteiger partial charge on any atom is 0.213 e. The van der Waals surface area contributed by atoms with Gasteiger partial charge >= 0.3 is 0 Å². The molecule has 4 nitrogen and oxygen atoms in total. The van der Waals surface area contributed by atoms with Gasteiger partial charge in [-0.15, -0.1) is 0 Å². The first-order valence-corrected chi connectivity index (χ1v) is 7.89. The summed E-state index contributed by atoms with van der Waals surface area (Å²) in [5, 5.41) is 3.33. The van der Waals surface area contributed by atoms with E-state index in [1.54, 1.807) is 11.2 Å². The molecule has 1 aliphatic rings. The predicted octanol–water partition coefficient (Wildman–Crippen LogP) is 1.05. The molecule has 1 heterocycles. The SMILES string of the molecule is CCCN(CC1CCCNC1)S(=O)(=O)CC. The summed E-state index contributed by atoms with van der Waals surface area (Å²) < 4.78 is 25.4. The Hall–Kier alpha value is -0.130. The summed E-state index contributed by atoms with van der Waals surface area (Å²) in [7, 11) is -3.02. The second-order valence-electron chi connectivity index (χ2n) is 4.47. The van der Waals surface area contributed by atoms with Gasteiger partial charge in [0.2, 0.25) is 10.0 Å². The molecule has 0 aromatic heterocycles. The van der Waals surface area contributed by atoms with Gasteiger partial charge in [0.05, 0.1) is 5.75 Å². The molecule has 0 saturated carbocycles. The highest BCUT2D eigenvalue weighted by atomic mass is 32.2. The molecule has 0 spiro atoms. The third kappa shape index (κ3) is 4.03. The molecule has 0 amide bonds. The average Bonchev–Trinajstić information content (AvgIpc) is 2.30. The van der Waals surface area contributed by atoms with Crippen molar-refractivity contribution in [3.8, 4) is 0 Å². The van der Waals surface area contributed by atoms with E-state index in [1.165, 1.54) is 0 Å². The zero-order valence-electron chi connectivity index (χ0n) is 10.4. The summed E-state index contributed by atoms with van der Waals surface area (Å²) in [6, 6.07) is 0. The van der Waals surface area contributed by atoms with Crippen molar-refractivity contribution in [2.24, 2.45) is 5.92 Å². The summed E-state index contributed by atoms with van der Waals surface area (Å²) >= 11 is 0. The first kappa shape index (κ1) is 13.9. The van der Waals surface area contributed by atoms with E-state index < -0.39 is 10.0 Å². The summed E-state index contributed by atoms with van der Waals surface area (Å²) in [4.78, 5) is 0. The van der Waals surface area contributed by atoms with Crippen LogP contribution in [0, 0.1) is 5.92 Å². The lowest BCUT2D eigenvalue weighted by Crippen LogP contribution is -2.41. The summed E-state index contributed by atoms with van der Waals surface area (Å²) in [5.41, 5.74) is 0. The second kappa shape index (κ2) is 6.57. The van der Waals surface area contributed by atoms with Crippen molar-refractivity contribution in [1.82, 2.24) is 9.62 Å². The lowest BCUT2D eigenvalue weighted by Gasteiger charge is -2.29. The van der Waals surface area contributed by atoms with E-state index in [-0.39, 0.29) is 5.75 Å². The van der Waals surface area contributed by atoms with Crippen LogP contribution < -0.4 is 5.32 Å². The molecule has 0 aromatic rings. The van der Waals surface area contributed by atoms with Crippen molar-refractivity contribution in [1.29, 1.82) is 0 Å². The van der Waals surface area contributed by atoms with Gasteiger partial charge in [0, 0.05) is 13.1 Å². The number of rotatable bonds is 6. The van der Waals surface area contributed by atoms with Crippen molar-refractivity contribution >= 4 is 10.0 Å². The van der Waals surface area contributed by atoms with Crippen LogP contribution in [-0.4, -0.2) is 44.7 Å². The van der Waals surface area contributed by atoms with Crippen LogP contribution in [-0.2, 0) is 10.0 Å². The maximum absolute atomic E-state index is 11.9. The quantitative estimate of drug-likeness (QED) is 0.764. The minimum atomic E-state index is -3.02. The van der Waals surface area contributed by atoms with Crippen molar-refractivity contribution in [2.75, 3.05) is 31.9 Å². The fourth-order valence-electron chi connectivity index (χ4n) is 2.14. The molecule has 1 rings (SSSR count). The lowest BCUT2D eigenvalue weighted by atomic mass is 10.00. The molecule has 0 aromatic carbocycles. The summed E-state index contributed by atoms with van der Waals surface area (Å²) in [5.74, 6) is 0.703. The van der Waals surface area contributed by atoms with E-state index >= 15 is 0 Å². The average molecular weight is 248 g/mol. The third-order valence-electron chi connectivity index (χ3n) is 3.09.